The van der Waals surface area contributed by atoms with Crippen molar-refractivity contribution in [1.82, 2.24) is 14.6 Å². The van der Waals surface area contributed by atoms with E-state index < -0.39 is 5.97 Å². The summed E-state index contributed by atoms with van der Waals surface area (Å²) in [4.78, 5) is 15.4. The molecule has 102 valence electrons. The fraction of sp³-hybridized carbons (Fsp3) is 0. The molecule has 0 fully saturated rings. The minimum absolute atomic E-state index is 0.122. The number of para-hydroxylation sites is 1. The van der Waals surface area contributed by atoms with E-state index in [2.05, 4.69) is 15.4 Å². The number of rotatable bonds is 3. The summed E-state index contributed by atoms with van der Waals surface area (Å²) in [5.74, 6) is -0.814. The number of hydrogen-bond acceptors (Lipinski definition) is 5. The molecule has 2 heterocycles. The van der Waals surface area contributed by atoms with Crippen LogP contribution in [0.3, 0.4) is 0 Å². The van der Waals surface area contributed by atoms with Crippen LogP contribution in [0.4, 0.5) is 11.6 Å². The Labute approximate surface area is 119 Å². The van der Waals surface area contributed by atoms with Crippen LogP contribution < -0.4 is 5.32 Å². The van der Waals surface area contributed by atoms with Gasteiger partial charge in [0.2, 0.25) is 5.95 Å². The zero-order valence-electron chi connectivity index (χ0n) is 10.7. The number of aromatic nitrogens is 3. The number of fused-ring (bicyclic) bond motifs is 1. The van der Waals surface area contributed by atoms with Gasteiger partial charge < -0.3 is 10.4 Å². The molecule has 2 N–H and O–H groups in total. The van der Waals surface area contributed by atoms with Gasteiger partial charge in [0.05, 0.1) is 11.3 Å². The third kappa shape index (κ3) is 2.26. The molecule has 0 bridgehead atoms. The molecule has 0 radical (unpaired) electrons. The molecule has 0 spiro atoms. The molecule has 1 aromatic carbocycles. The number of carboxylic acids is 1. The van der Waals surface area contributed by atoms with Crippen molar-refractivity contribution in [2.24, 2.45) is 0 Å². The van der Waals surface area contributed by atoms with Crippen LogP contribution in [0.25, 0.3) is 5.65 Å². The van der Waals surface area contributed by atoms with Gasteiger partial charge in [0, 0.05) is 0 Å². The Balaban J connectivity index is 2.04. The Morgan fingerprint density at radius 2 is 2.05 bits per heavy atom. The van der Waals surface area contributed by atoms with Crippen LogP contribution in [0.2, 0.25) is 0 Å². The molecule has 2 aromatic heterocycles. The van der Waals surface area contributed by atoms with Crippen molar-refractivity contribution in [3.05, 3.63) is 53.7 Å². The first-order valence-electron chi connectivity index (χ1n) is 6.04. The molecule has 0 aliphatic heterocycles. The maximum atomic E-state index is 11.2. The molecule has 0 aliphatic carbocycles. The first-order chi connectivity index (χ1) is 10.2. The number of pyridine rings is 1. The van der Waals surface area contributed by atoms with Crippen molar-refractivity contribution < 1.29 is 9.90 Å². The van der Waals surface area contributed by atoms with Crippen LogP contribution in [0.15, 0.2) is 42.5 Å². The van der Waals surface area contributed by atoms with Gasteiger partial charge in [0.25, 0.3) is 0 Å². The molecule has 0 amide bonds. The lowest BCUT2D eigenvalue weighted by molar-refractivity contribution is 0.0698. The molecule has 0 aliphatic rings. The van der Waals surface area contributed by atoms with Crippen molar-refractivity contribution in [3.8, 4) is 6.07 Å². The maximum Gasteiger partial charge on any atom is 0.337 e. The fourth-order valence-electron chi connectivity index (χ4n) is 1.94. The van der Waals surface area contributed by atoms with Crippen LogP contribution in [-0.2, 0) is 0 Å². The van der Waals surface area contributed by atoms with E-state index in [1.54, 1.807) is 36.4 Å². The van der Waals surface area contributed by atoms with Crippen LogP contribution >= 0.6 is 0 Å². The minimum atomic E-state index is -1.04. The molecular formula is C14H9N5O2. The van der Waals surface area contributed by atoms with Crippen LogP contribution in [0.1, 0.15) is 16.1 Å². The van der Waals surface area contributed by atoms with Crippen molar-refractivity contribution in [3.63, 3.8) is 0 Å². The standard InChI is InChI=1S/C14H9N5O2/c15-8-9-4-3-7-12-17-14(18-19(9)12)16-11-6-2-1-5-10(11)13(20)21/h1-7H,(H,16,18)(H,20,21). The van der Waals surface area contributed by atoms with Crippen molar-refractivity contribution >= 4 is 23.3 Å². The van der Waals surface area contributed by atoms with Crippen LogP contribution in [0, 0.1) is 11.3 Å². The number of aromatic carboxylic acids is 1. The number of anilines is 2. The Kier molecular flexibility index (Phi) is 2.97. The number of hydrogen-bond donors (Lipinski definition) is 2. The van der Waals surface area contributed by atoms with Crippen molar-refractivity contribution in [2.45, 2.75) is 0 Å². The van der Waals surface area contributed by atoms with Gasteiger partial charge in [-0.25, -0.2) is 9.31 Å². The average molecular weight is 279 g/mol. The molecule has 3 aromatic rings. The van der Waals surface area contributed by atoms with Crippen molar-refractivity contribution in [2.75, 3.05) is 5.32 Å². The van der Waals surface area contributed by atoms with Crippen molar-refractivity contribution in [1.29, 1.82) is 5.26 Å². The Morgan fingerprint density at radius 3 is 2.81 bits per heavy atom. The number of nitrogens with zero attached hydrogens (tertiary/aromatic N) is 4. The zero-order valence-corrected chi connectivity index (χ0v) is 10.7. The van der Waals surface area contributed by atoms with Gasteiger partial charge in [-0.3, -0.25) is 0 Å². The normalized spacial score (nSPS) is 10.2. The summed E-state index contributed by atoms with van der Waals surface area (Å²) in [6, 6.07) is 13.5. The predicted molar refractivity (Wildman–Crippen MR) is 74.4 cm³/mol. The quantitative estimate of drug-likeness (QED) is 0.760. The summed E-state index contributed by atoms with van der Waals surface area (Å²) in [6.45, 7) is 0. The molecule has 7 nitrogen and oxygen atoms in total. The third-order valence-electron chi connectivity index (χ3n) is 2.88. The lowest BCUT2D eigenvalue weighted by Crippen LogP contribution is -2.03. The zero-order chi connectivity index (χ0) is 14.8. The van der Waals surface area contributed by atoms with Gasteiger partial charge in [-0.15, -0.1) is 5.10 Å². The van der Waals surface area contributed by atoms with E-state index in [1.807, 2.05) is 6.07 Å². The summed E-state index contributed by atoms with van der Waals surface area (Å²) in [7, 11) is 0. The summed E-state index contributed by atoms with van der Waals surface area (Å²) in [5, 5.41) is 25.2. The number of carbonyl (C=O) groups is 1. The van der Waals surface area contributed by atoms with Gasteiger partial charge in [0.1, 0.15) is 11.8 Å². The minimum Gasteiger partial charge on any atom is -0.478 e. The van der Waals surface area contributed by atoms with Gasteiger partial charge in [0.15, 0.2) is 5.65 Å². The Morgan fingerprint density at radius 1 is 1.24 bits per heavy atom. The molecule has 0 unspecified atom stereocenters. The van der Waals surface area contributed by atoms with Gasteiger partial charge >= 0.3 is 5.97 Å². The first kappa shape index (κ1) is 12.6. The largest absolute Gasteiger partial charge is 0.478 e. The number of benzene rings is 1. The molecule has 21 heavy (non-hydrogen) atoms. The maximum absolute atomic E-state index is 11.2. The highest BCUT2D eigenvalue weighted by atomic mass is 16.4. The van der Waals surface area contributed by atoms with E-state index in [0.717, 1.165) is 0 Å². The van der Waals surface area contributed by atoms with E-state index in [1.165, 1.54) is 10.6 Å². The van der Waals surface area contributed by atoms with E-state index in [9.17, 15) is 4.79 Å². The molecule has 0 saturated carbocycles. The highest BCUT2D eigenvalue weighted by Crippen LogP contribution is 2.19. The summed E-state index contributed by atoms with van der Waals surface area (Å²) >= 11 is 0. The summed E-state index contributed by atoms with van der Waals surface area (Å²) < 4.78 is 1.39. The van der Waals surface area contributed by atoms with Gasteiger partial charge in [-0.1, -0.05) is 18.2 Å². The number of nitriles is 1. The summed E-state index contributed by atoms with van der Waals surface area (Å²) in [5.41, 5.74) is 1.36. The van der Waals surface area contributed by atoms with Crippen LogP contribution in [0.5, 0.6) is 0 Å². The monoisotopic (exact) mass is 279 g/mol. The summed E-state index contributed by atoms with van der Waals surface area (Å²) in [6.07, 6.45) is 0. The predicted octanol–water partition coefficient (Wildman–Crippen LogP) is 2.04. The second kappa shape index (κ2) is 4.94. The van der Waals surface area contributed by atoms with Gasteiger partial charge in [-0.05, 0) is 24.3 Å². The Hall–Kier alpha value is -3.40. The molecule has 0 atom stereocenters. The lowest BCUT2D eigenvalue weighted by atomic mass is 10.2. The smallest absolute Gasteiger partial charge is 0.337 e. The second-order valence-electron chi connectivity index (χ2n) is 4.20. The van der Waals surface area contributed by atoms with Crippen LogP contribution in [-0.4, -0.2) is 25.7 Å². The van der Waals surface area contributed by atoms with E-state index >= 15 is 0 Å². The SMILES string of the molecule is N#Cc1cccc2nc(Nc3ccccc3C(=O)O)nn12. The molecule has 0 saturated heterocycles. The molecule has 3 rings (SSSR count). The van der Waals surface area contributed by atoms with E-state index in [-0.39, 0.29) is 11.5 Å². The fourth-order valence-corrected chi connectivity index (χ4v) is 1.94. The second-order valence-corrected chi connectivity index (χ2v) is 4.20. The highest BCUT2D eigenvalue weighted by molar-refractivity contribution is 5.94. The average Bonchev–Trinajstić information content (AvgIpc) is 2.89. The first-order valence-corrected chi connectivity index (χ1v) is 6.04. The molecule has 7 heteroatoms. The topological polar surface area (TPSA) is 103 Å². The lowest BCUT2D eigenvalue weighted by Gasteiger charge is -2.05. The molecular weight excluding hydrogens is 270 g/mol. The third-order valence-corrected chi connectivity index (χ3v) is 2.88. The van der Waals surface area contributed by atoms with Gasteiger partial charge in [-0.2, -0.15) is 10.2 Å². The van der Waals surface area contributed by atoms with E-state index in [0.29, 0.717) is 17.0 Å². The number of nitrogens with one attached hydrogen (secondary N) is 1. The Bertz CT molecular complexity index is 878. The number of carboxylic acid groups (broad SMARTS) is 1. The highest BCUT2D eigenvalue weighted by Gasteiger charge is 2.12. The van der Waals surface area contributed by atoms with E-state index in [4.69, 9.17) is 10.4 Å².